The van der Waals surface area contributed by atoms with Crippen molar-refractivity contribution in [2.75, 3.05) is 6.61 Å². The summed E-state index contributed by atoms with van der Waals surface area (Å²) < 4.78 is 26.0. The quantitative estimate of drug-likeness (QED) is 0.769. The summed E-state index contributed by atoms with van der Waals surface area (Å²) in [6.45, 7) is 7.19. The van der Waals surface area contributed by atoms with E-state index in [-0.39, 0.29) is 24.6 Å². The third-order valence-electron chi connectivity index (χ3n) is 3.08. The van der Waals surface area contributed by atoms with Crippen LogP contribution < -0.4 is 0 Å². The first-order valence-corrected chi connectivity index (χ1v) is 7.45. The molecule has 0 amide bonds. The van der Waals surface area contributed by atoms with Crippen LogP contribution in [0.15, 0.2) is 0 Å². The summed E-state index contributed by atoms with van der Waals surface area (Å²) in [5.74, 6) is 0.138. The van der Waals surface area contributed by atoms with Gasteiger partial charge >= 0.3 is 0 Å². The number of aliphatic hydroxyl groups is 1. The Morgan fingerprint density at radius 1 is 1.25 bits per heavy atom. The minimum Gasteiger partial charge on any atom is -0.395 e. The SMILES string of the molecule is CC(C)[C@@H](CO)N(C1CC1)S(=O)(=O)C(C)C. The van der Waals surface area contributed by atoms with E-state index < -0.39 is 15.3 Å². The molecular formula is C11H23NO3S. The molecule has 0 spiro atoms. The van der Waals surface area contributed by atoms with E-state index in [0.29, 0.717) is 0 Å². The molecule has 0 aromatic heterocycles. The maximum absolute atomic E-state index is 12.2. The third kappa shape index (κ3) is 2.76. The maximum atomic E-state index is 12.2. The Labute approximate surface area is 98.7 Å². The molecule has 0 unspecified atom stereocenters. The summed E-state index contributed by atoms with van der Waals surface area (Å²) in [5, 5.41) is 8.97. The van der Waals surface area contributed by atoms with Crippen molar-refractivity contribution in [2.45, 2.75) is 57.9 Å². The molecule has 4 nitrogen and oxygen atoms in total. The molecule has 0 saturated heterocycles. The topological polar surface area (TPSA) is 57.6 Å². The molecule has 1 fully saturated rings. The van der Waals surface area contributed by atoms with Crippen LogP contribution in [-0.4, -0.2) is 41.8 Å². The minimum atomic E-state index is -3.26. The van der Waals surface area contributed by atoms with E-state index in [0.717, 1.165) is 12.8 Å². The summed E-state index contributed by atoms with van der Waals surface area (Å²) in [6.07, 6.45) is 1.85. The normalized spacial score (nSPS) is 19.8. The van der Waals surface area contributed by atoms with Crippen LogP contribution in [0.25, 0.3) is 0 Å². The summed E-state index contributed by atoms with van der Waals surface area (Å²) >= 11 is 0. The van der Waals surface area contributed by atoms with E-state index in [4.69, 9.17) is 0 Å². The van der Waals surface area contributed by atoms with Crippen molar-refractivity contribution in [3.05, 3.63) is 0 Å². The minimum absolute atomic E-state index is 0.0971. The number of aliphatic hydroxyl groups excluding tert-OH is 1. The summed E-state index contributed by atoms with van der Waals surface area (Å²) in [5.41, 5.74) is 0. The van der Waals surface area contributed by atoms with E-state index in [1.807, 2.05) is 13.8 Å². The largest absolute Gasteiger partial charge is 0.395 e. The number of rotatable bonds is 6. The molecule has 1 aliphatic rings. The second kappa shape index (κ2) is 5.02. The molecule has 0 heterocycles. The van der Waals surface area contributed by atoms with Crippen molar-refractivity contribution in [3.8, 4) is 0 Å². The number of sulfonamides is 1. The lowest BCUT2D eigenvalue weighted by Crippen LogP contribution is -2.49. The average Bonchev–Trinajstić information content (AvgIpc) is 2.95. The van der Waals surface area contributed by atoms with Crippen LogP contribution in [0.1, 0.15) is 40.5 Å². The Kier molecular flexibility index (Phi) is 4.37. The molecule has 1 atom stereocenters. The van der Waals surface area contributed by atoms with Crippen molar-refractivity contribution in [2.24, 2.45) is 5.92 Å². The molecule has 96 valence electrons. The van der Waals surface area contributed by atoms with Gasteiger partial charge in [0.15, 0.2) is 0 Å². The van der Waals surface area contributed by atoms with E-state index in [9.17, 15) is 13.5 Å². The number of hydrogen-bond acceptors (Lipinski definition) is 3. The second-order valence-corrected chi connectivity index (χ2v) is 7.54. The fourth-order valence-corrected chi connectivity index (χ4v) is 3.63. The lowest BCUT2D eigenvalue weighted by atomic mass is 10.1. The molecule has 1 N–H and O–H groups in total. The van der Waals surface area contributed by atoms with Crippen LogP contribution in [-0.2, 0) is 10.0 Å². The molecule has 1 saturated carbocycles. The molecule has 1 aliphatic carbocycles. The predicted molar refractivity (Wildman–Crippen MR) is 64.6 cm³/mol. The van der Waals surface area contributed by atoms with Crippen molar-refractivity contribution in [3.63, 3.8) is 0 Å². The molecular weight excluding hydrogens is 226 g/mol. The van der Waals surface area contributed by atoms with E-state index in [1.54, 1.807) is 18.2 Å². The summed E-state index contributed by atoms with van der Waals surface area (Å²) in [6, 6.07) is -0.160. The van der Waals surface area contributed by atoms with Crippen LogP contribution in [0.5, 0.6) is 0 Å². The summed E-state index contributed by atoms with van der Waals surface area (Å²) in [7, 11) is -3.26. The van der Waals surface area contributed by atoms with Crippen molar-refractivity contribution in [1.29, 1.82) is 0 Å². The van der Waals surface area contributed by atoms with Gasteiger partial charge in [0, 0.05) is 6.04 Å². The molecule has 5 heteroatoms. The zero-order valence-corrected chi connectivity index (χ0v) is 11.4. The van der Waals surface area contributed by atoms with E-state index >= 15 is 0 Å². The highest BCUT2D eigenvalue weighted by molar-refractivity contribution is 7.89. The van der Waals surface area contributed by atoms with Gasteiger partial charge in [-0.1, -0.05) is 13.8 Å². The fraction of sp³-hybridized carbons (Fsp3) is 1.00. The Hall–Kier alpha value is -0.130. The molecule has 0 aliphatic heterocycles. The van der Waals surface area contributed by atoms with Gasteiger partial charge in [0.1, 0.15) is 0 Å². The molecule has 0 aromatic carbocycles. The third-order valence-corrected chi connectivity index (χ3v) is 5.43. The standard InChI is InChI=1S/C11H23NO3S/c1-8(2)11(7-13)12(10-5-6-10)16(14,15)9(3)4/h8-11,13H,5-7H2,1-4H3/t11-/m1/s1. The van der Waals surface area contributed by atoms with Gasteiger partial charge in [-0.05, 0) is 32.6 Å². The second-order valence-electron chi connectivity index (χ2n) is 5.15. The van der Waals surface area contributed by atoms with Gasteiger partial charge in [-0.25, -0.2) is 8.42 Å². The monoisotopic (exact) mass is 249 g/mol. The van der Waals surface area contributed by atoms with Gasteiger partial charge in [0.25, 0.3) is 0 Å². The van der Waals surface area contributed by atoms with Crippen LogP contribution in [0.4, 0.5) is 0 Å². The first-order valence-electron chi connectivity index (χ1n) is 5.95. The van der Waals surface area contributed by atoms with E-state index in [1.165, 1.54) is 0 Å². The van der Waals surface area contributed by atoms with Crippen molar-refractivity contribution < 1.29 is 13.5 Å². The van der Waals surface area contributed by atoms with Crippen LogP contribution in [0.3, 0.4) is 0 Å². The Balaban J connectivity index is 2.99. The molecule has 16 heavy (non-hydrogen) atoms. The molecule has 0 bridgehead atoms. The Bertz CT molecular complexity index is 320. The highest BCUT2D eigenvalue weighted by Gasteiger charge is 2.43. The summed E-state index contributed by atoms with van der Waals surface area (Å²) in [4.78, 5) is 0. The van der Waals surface area contributed by atoms with Gasteiger partial charge in [0.2, 0.25) is 10.0 Å². The first kappa shape index (κ1) is 13.9. The first-order chi connectivity index (χ1) is 7.32. The molecule has 1 rings (SSSR count). The maximum Gasteiger partial charge on any atom is 0.217 e. The van der Waals surface area contributed by atoms with Crippen LogP contribution >= 0.6 is 0 Å². The average molecular weight is 249 g/mol. The van der Waals surface area contributed by atoms with Crippen LogP contribution in [0.2, 0.25) is 0 Å². The fourth-order valence-electron chi connectivity index (χ4n) is 1.82. The lowest BCUT2D eigenvalue weighted by molar-refractivity contribution is 0.147. The van der Waals surface area contributed by atoms with Gasteiger partial charge in [0.05, 0.1) is 17.9 Å². The van der Waals surface area contributed by atoms with Gasteiger partial charge in [-0.15, -0.1) is 0 Å². The highest BCUT2D eigenvalue weighted by Crippen LogP contribution is 2.34. The zero-order chi connectivity index (χ0) is 12.5. The van der Waals surface area contributed by atoms with Gasteiger partial charge in [-0.2, -0.15) is 4.31 Å². The number of nitrogens with zero attached hydrogens (tertiary/aromatic N) is 1. The number of hydrogen-bond donors (Lipinski definition) is 1. The zero-order valence-electron chi connectivity index (χ0n) is 10.5. The molecule has 0 aromatic rings. The van der Waals surface area contributed by atoms with Crippen LogP contribution in [0, 0.1) is 5.92 Å². The Morgan fingerprint density at radius 3 is 2.00 bits per heavy atom. The van der Waals surface area contributed by atoms with Crippen molar-refractivity contribution in [1.82, 2.24) is 4.31 Å². The predicted octanol–water partition coefficient (Wildman–Crippen LogP) is 1.21. The van der Waals surface area contributed by atoms with Crippen molar-refractivity contribution >= 4 is 10.0 Å². The van der Waals surface area contributed by atoms with Gasteiger partial charge < -0.3 is 5.11 Å². The highest BCUT2D eigenvalue weighted by atomic mass is 32.2. The Morgan fingerprint density at radius 2 is 1.75 bits per heavy atom. The smallest absolute Gasteiger partial charge is 0.217 e. The molecule has 0 radical (unpaired) electrons. The van der Waals surface area contributed by atoms with E-state index in [2.05, 4.69) is 0 Å². The lowest BCUT2D eigenvalue weighted by Gasteiger charge is -2.33. The van der Waals surface area contributed by atoms with Gasteiger partial charge in [-0.3, -0.25) is 0 Å².